The van der Waals surface area contributed by atoms with Gasteiger partial charge in [0.15, 0.2) is 0 Å². The molecule has 0 saturated carbocycles. The minimum atomic E-state index is -0.993. The molecular formula is C15H23N3O3. The van der Waals surface area contributed by atoms with Gasteiger partial charge in [0.1, 0.15) is 12.2 Å². The van der Waals surface area contributed by atoms with Crippen LogP contribution in [0, 0.1) is 0 Å². The highest BCUT2D eigenvalue weighted by Gasteiger charge is 2.21. The standard InChI is InChI=1S/C15H23N3O3/c1-3-11-12(4-2)16-17-14(13(11)15(19)20)21-10-9-18-7-5-6-8-18/h3-10H2,1-2H3,(H,19,20). The smallest absolute Gasteiger partial charge is 0.341 e. The predicted molar refractivity (Wildman–Crippen MR) is 78.9 cm³/mol. The number of hydrogen-bond donors (Lipinski definition) is 1. The van der Waals surface area contributed by atoms with Crippen molar-refractivity contribution in [2.75, 3.05) is 26.2 Å². The van der Waals surface area contributed by atoms with Crippen molar-refractivity contribution in [2.45, 2.75) is 39.5 Å². The molecule has 0 atom stereocenters. The second-order valence-electron chi connectivity index (χ2n) is 5.21. The molecule has 1 aliphatic rings. The summed E-state index contributed by atoms with van der Waals surface area (Å²) in [6, 6.07) is 0. The first-order valence-corrected chi connectivity index (χ1v) is 7.64. The molecule has 1 fully saturated rings. The summed E-state index contributed by atoms with van der Waals surface area (Å²) < 4.78 is 5.61. The molecule has 0 unspecified atom stereocenters. The molecule has 0 aromatic carbocycles. The van der Waals surface area contributed by atoms with Crippen LogP contribution >= 0.6 is 0 Å². The van der Waals surface area contributed by atoms with Gasteiger partial charge in [-0.3, -0.25) is 4.90 Å². The van der Waals surface area contributed by atoms with Crippen molar-refractivity contribution in [3.8, 4) is 5.88 Å². The Bertz CT molecular complexity index is 499. The van der Waals surface area contributed by atoms with Crippen LogP contribution in [0.15, 0.2) is 0 Å². The van der Waals surface area contributed by atoms with E-state index in [1.165, 1.54) is 12.8 Å². The number of rotatable bonds is 7. The maximum Gasteiger partial charge on any atom is 0.341 e. The maximum absolute atomic E-state index is 11.5. The van der Waals surface area contributed by atoms with Gasteiger partial charge in [0.2, 0.25) is 5.88 Å². The Morgan fingerprint density at radius 2 is 1.95 bits per heavy atom. The summed E-state index contributed by atoms with van der Waals surface area (Å²) in [6.07, 6.45) is 3.74. The van der Waals surface area contributed by atoms with Crippen molar-refractivity contribution < 1.29 is 14.6 Å². The third-order valence-electron chi connectivity index (χ3n) is 3.87. The number of ether oxygens (including phenoxy) is 1. The van der Waals surface area contributed by atoms with Crippen LogP contribution in [0.3, 0.4) is 0 Å². The second kappa shape index (κ2) is 7.36. The van der Waals surface area contributed by atoms with E-state index in [1.54, 1.807) is 0 Å². The van der Waals surface area contributed by atoms with E-state index in [1.807, 2.05) is 13.8 Å². The van der Waals surface area contributed by atoms with Gasteiger partial charge >= 0.3 is 5.97 Å². The number of carboxylic acid groups (broad SMARTS) is 1. The summed E-state index contributed by atoms with van der Waals surface area (Å²) in [6.45, 7) is 7.31. The van der Waals surface area contributed by atoms with Gasteiger partial charge < -0.3 is 9.84 Å². The van der Waals surface area contributed by atoms with Crippen LogP contribution in [-0.2, 0) is 12.8 Å². The number of likely N-dealkylation sites (tertiary alicyclic amines) is 1. The monoisotopic (exact) mass is 293 g/mol. The van der Waals surface area contributed by atoms with E-state index >= 15 is 0 Å². The molecule has 0 radical (unpaired) electrons. The van der Waals surface area contributed by atoms with Gasteiger partial charge in [-0.25, -0.2) is 4.79 Å². The molecule has 1 aromatic heterocycles. The van der Waals surface area contributed by atoms with Gasteiger partial charge in [-0.15, -0.1) is 5.10 Å². The van der Waals surface area contributed by atoms with Crippen LogP contribution in [0.4, 0.5) is 0 Å². The third kappa shape index (κ3) is 3.69. The summed E-state index contributed by atoms with van der Waals surface area (Å²) in [5.74, 6) is -0.844. The molecule has 0 aliphatic carbocycles. The van der Waals surface area contributed by atoms with Crippen LogP contribution < -0.4 is 4.74 Å². The molecule has 0 amide bonds. The van der Waals surface area contributed by atoms with Gasteiger partial charge in [0, 0.05) is 6.54 Å². The molecule has 6 heteroatoms. The summed E-state index contributed by atoms with van der Waals surface area (Å²) in [4.78, 5) is 13.8. The van der Waals surface area contributed by atoms with Crippen molar-refractivity contribution in [1.82, 2.24) is 15.1 Å². The Morgan fingerprint density at radius 3 is 2.52 bits per heavy atom. The Hall–Kier alpha value is -1.69. The van der Waals surface area contributed by atoms with Gasteiger partial charge in [0.05, 0.1) is 5.69 Å². The summed E-state index contributed by atoms with van der Waals surface area (Å²) in [5, 5.41) is 17.5. The molecule has 1 N–H and O–H groups in total. The number of carboxylic acids is 1. The van der Waals surface area contributed by atoms with Gasteiger partial charge in [-0.1, -0.05) is 13.8 Å². The van der Waals surface area contributed by atoms with E-state index in [2.05, 4.69) is 15.1 Å². The van der Waals surface area contributed by atoms with Crippen LogP contribution in [0.1, 0.15) is 48.3 Å². The first-order valence-electron chi connectivity index (χ1n) is 7.64. The zero-order valence-corrected chi connectivity index (χ0v) is 12.8. The lowest BCUT2D eigenvalue weighted by Gasteiger charge is -2.16. The first-order chi connectivity index (χ1) is 10.2. The van der Waals surface area contributed by atoms with Crippen LogP contribution in [0.5, 0.6) is 5.88 Å². The highest BCUT2D eigenvalue weighted by atomic mass is 16.5. The summed E-state index contributed by atoms with van der Waals surface area (Å²) in [7, 11) is 0. The van der Waals surface area contributed by atoms with E-state index in [4.69, 9.17) is 4.74 Å². The highest BCUT2D eigenvalue weighted by molar-refractivity contribution is 5.92. The second-order valence-corrected chi connectivity index (χ2v) is 5.21. The van der Waals surface area contributed by atoms with Gasteiger partial charge in [0.25, 0.3) is 0 Å². The minimum Gasteiger partial charge on any atom is -0.477 e. The number of carbonyl (C=O) groups is 1. The number of aromatic carboxylic acids is 1. The minimum absolute atomic E-state index is 0.149. The van der Waals surface area contributed by atoms with E-state index in [-0.39, 0.29) is 11.4 Å². The fourth-order valence-corrected chi connectivity index (χ4v) is 2.75. The SMILES string of the molecule is CCc1nnc(OCCN2CCCC2)c(C(=O)O)c1CC. The summed E-state index contributed by atoms with van der Waals surface area (Å²) >= 11 is 0. The molecule has 1 saturated heterocycles. The van der Waals surface area contributed by atoms with Crippen LogP contribution in [0.25, 0.3) is 0 Å². The van der Waals surface area contributed by atoms with Crippen LogP contribution in [0.2, 0.25) is 0 Å². The highest BCUT2D eigenvalue weighted by Crippen LogP contribution is 2.22. The molecule has 1 aromatic rings. The number of nitrogens with zero attached hydrogens (tertiary/aromatic N) is 3. The van der Waals surface area contributed by atoms with Crippen molar-refractivity contribution in [2.24, 2.45) is 0 Å². The number of hydrogen-bond acceptors (Lipinski definition) is 5. The Morgan fingerprint density at radius 1 is 1.24 bits per heavy atom. The van der Waals surface area contributed by atoms with Crippen LogP contribution in [-0.4, -0.2) is 52.4 Å². The van der Waals surface area contributed by atoms with Crippen molar-refractivity contribution in [3.05, 3.63) is 16.8 Å². The third-order valence-corrected chi connectivity index (χ3v) is 3.87. The van der Waals surface area contributed by atoms with Crippen molar-refractivity contribution >= 4 is 5.97 Å². The maximum atomic E-state index is 11.5. The lowest BCUT2D eigenvalue weighted by Crippen LogP contribution is -2.26. The lowest BCUT2D eigenvalue weighted by atomic mass is 10.0. The van der Waals surface area contributed by atoms with E-state index in [9.17, 15) is 9.90 Å². The molecule has 2 heterocycles. The van der Waals surface area contributed by atoms with Crippen molar-refractivity contribution in [1.29, 1.82) is 0 Å². The fraction of sp³-hybridized carbons (Fsp3) is 0.667. The average Bonchev–Trinajstić information content (AvgIpc) is 2.99. The zero-order valence-electron chi connectivity index (χ0n) is 12.8. The van der Waals surface area contributed by atoms with Gasteiger partial charge in [-0.05, 0) is 44.3 Å². The van der Waals surface area contributed by atoms with Crippen molar-refractivity contribution in [3.63, 3.8) is 0 Å². The number of aromatic nitrogens is 2. The molecule has 6 nitrogen and oxygen atoms in total. The fourth-order valence-electron chi connectivity index (χ4n) is 2.75. The Balaban J connectivity index is 2.12. The molecule has 0 spiro atoms. The van der Waals surface area contributed by atoms with E-state index < -0.39 is 5.97 Å². The van der Waals surface area contributed by atoms with Gasteiger partial charge in [-0.2, -0.15) is 5.10 Å². The largest absolute Gasteiger partial charge is 0.477 e. The zero-order chi connectivity index (χ0) is 15.2. The quantitative estimate of drug-likeness (QED) is 0.826. The molecule has 116 valence electrons. The topological polar surface area (TPSA) is 75.6 Å². The lowest BCUT2D eigenvalue weighted by molar-refractivity contribution is 0.0688. The van der Waals surface area contributed by atoms with E-state index in [0.717, 1.165) is 30.9 Å². The molecular weight excluding hydrogens is 270 g/mol. The molecule has 1 aliphatic heterocycles. The normalized spacial score (nSPS) is 15.3. The Labute approximate surface area is 125 Å². The Kier molecular flexibility index (Phi) is 5.50. The summed E-state index contributed by atoms with van der Waals surface area (Å²) in [5.41, 5.74) is 1.64. The molecule has 21 heavy (non-hydrogen) atoms. The molecule has 0 bridgehead atoms. The first kappa shape index (κ1) is 15.7. The molecule has 2 rings (SSSR count). The van der Waals surface area contributed by atoms with E-state index in [0.29, 0.717) is 19.4 Å². The predicted octanol–water partition coefficient (Wildman–Crippen LogP) is 1.77. The average molecular weight is 293 g/mol. The number of aryl methyl sites for hydroxylation is 1.